The van der Waals surface area contributed by atoms with Crippen LogP contribution in [-0.4, -0.2) is 44.7 Å². The molecule has 1 aliphatic rings. The first-order valence-corrected chi connectivity index (χ1v) is 11.7. The van der Waals surface area contributed by atoms with Gasteiger partial charge in [-0.3, -0.25) is 9.10 Å². The molecule has 1 N–H and O–H groups in total. The van der Waals surface area contributed by atoms with Crippen molar-refractivity contribution >= 4 is 49.3 Å². The van der Waals surface area contributed by atoms with Crippen LogP contribution in [0.2, 0.25) is 0 Å². The minimum atomic E-state index is -3.53. The third-order valence-corrected chi connectivity index (χ3v) is 6.88. The van der Waals surface area contributed by atoms with E-state index in [-0.39, 0.29) is 12.5 Å². The number of nitrogens with zero attached hydrogens (tertiary/aromatic N) is 1. The van der Waals surface area contributed by atoms with Gasteiger partial charge in [0.25, 0.3) is 0 Å². The van der Waals surface area contributed by atoms with Crippen LogP contribution in [0.1, 0.15) is 25.7 Å². The van der Waals surface area contributed by atoms with Crippen LogP contribution < -0.4 is 9.62 Å². The summed E-state index contributed by atoms with van der Waals surface area (Å²) in [6.45, 7) is 0.361. The highest BCUT2D eigenvalue weighted by Gasteiger charge is 2.21. The predicted octanol–water partition coefficient (Wildman–Crippen LogP) is 3.01. The van der Waals surface area contributed by atoms with Crippen molar-refractivity contribution in [1.29, 1.82) is 0 Å². The van der Waals surface area contributed by atoms with Gasteiger partial charge in [0.05, 0.1) is 11.9 Å². The van der Waals surface area contributed by atoms with Gasteiger partial charge in [-0.1, -0.05) is 34.8 Å². The highest BCUT2D eigenvalue weighted by atomic mass is 79.9. The van der Waals surface area contributed by atoms with E-state index in [1.54, 1.807) is 18.2 Å². The zero-order valence-electron chi connectivity index (χ0n) is 13.7. The average molecular weight is 435 g/mol. The van der Waals surface area contributed by atoms with Crippen LogP contribution in [-0.2, 0) is 14.8 Å². The third-order valence-electron chi connectivity index (χ3n) is 3.86. The van der Waals surface area contributed by atoms with Crippen molar-refractivity contribution in [1.82, 2.24) is 5.32 Å². The van der Waals surface area contributed by atoms with Crippen LogP contribution in [0.5, 0.6) is 0 Å². The molecule has 5 nitrogen and oxygen atoms in total. The number of anilines is 1. The molecule has 0 radical (unpaired) electrons. The second-order valence-electron chi connectivity index (χ2n) is 5.88. The van der Waals surface area contributed by atoms with E-state index in [0.29, 0.717) is 12.2 Å². The normalized spacial score (nSPS) is 15.4. The Labute approximate surface area is 156 Å². The third kappa shape index (κ3) is 6.29. The van der Waals surface area contributed by atoms with Gasteiger partial charge in [0.1, 0.15) is 6.54 Å². The Kier molecular flexibility index (Phi) is 7.43. The number of rotatable bonds is 8. The lowest BCUT2D eigenvalue weighted by Crippen LogP contribution is -2.41. The van der Waals surface area contributed by atoms with E-state index in [0.717, 1.165) is 26.0 Å². The van der Waals surface area contributed by atoms with E-state index in [2.05, 4.69) is 21.2 Å². The molecule has 1 fully saturated rings. The lowest BCUT2D eigenvalue weighted by Gasteiger charge is -2.22. The maximum absolute atomic E-state index is 12.1. The van der Waals surface area contributed by atoms with E-state index in [1.807, 2.05) is 17.8 Å². The van der Waals surface area contributed by atoms with Crippen molar-refractivity contribution < 1.29 is 13.2 Å². The number of thioether (sulfide) groups is 1. The summed E-state index contributed by atoms with van der Waals surface area (Å²) in [4.78, 5) is 12.1. The molecular weight excluding hydrogens is 412 g/mol. The van der Waals surface area contributed by atoms with Gasteiger partial charge in [0, 0.05) is 22.0 Å². The lowest BCUT2D eigenvalue weighted by molar-refractivity contribution is -0.119. The van der Waals surface area contributed by atoms with Crippen molar-refractivity contribution in [2.75, 3.05) is 29.4 Å². The fraction of sp³-hybridized carbons (Fsp3) is 0.562. The molecule has 0 aromatic heterocycles. The number of hydrogen-bond donors (Lipinski definition) is 1. The predicted molar refractivity (Wildman–Crippen MR) is 104 cm³/mol. The Morgan fingerprint density at radius 3 is 2.71 bits per heavy atom. The van der Waals surface area contributed by atoms with Crippen LogP contribution >= 0.6 is 27.7 Å². The van der Waals surface area contributed by atoms with E-state index in [9.17, 15) is 13.2 Å². The largest absolute Gasteiger partial charge is 0.354 e. The second-order valence-corrected chi connectivity index (χ2v) is 10.1. The molecule has 8 heteroatoms. The minimum Gasteiger partial charge on any atom is -0.354 e. The zero-order chi connectivity index (χ0) is 17.6. The number of sulfonamides is 1. The first-order valence-electron chi connectivity index (χ1n) is 7.98. The number of hydrogen-bond acceptors (Lipinski definition) is 4. The first kappa shape index (κ1) is 19.6. The highest BCUT2D eigenvalue weighted by molar-refractivity contribution is 9.10. The highest BCUT2D eigenvalue weighted by Crippen LogP contribution is 2.28. The van der Waals surface area contributed by atoms with Gasteiger partial charge in [-0.2, -0.15) is 11.8 Å². The number of carbonyl (C=O) groups excluding carboxylic acids is 1. The van der Waals surface area contributed by atoms with Crippen LogP contribution in [0, 0.1) is 0 Å². The molecule has 1 aromatic carbocycles. The van der Waals surface area contributed by atoms with Gasteiger partial charge in [0.15, 0.2) is 0 Å². The smallest absolute Gasteiger partial charge is 0.240 e. The van der Waals surface area contributed by atoms with Gasteiger partial charge in [-0.25, -0.2) is 8.42 Å². The standard InChI is InChI=1S/C16H23BrN2O3S2/c1-24(21,22)19(14-6-4-5-13(17)11-14)12-16(20)18-9-10-23-15-7-2-3-8-15/h4-6,11,15H,2-3,7-10,12H2,1H3,(H,18,20). The molecule has 0 aliphatic heterocycles. The Bertz CT molecular complexity index is 661. The molecule has 0 unspecified atom stereocenters. The lowest BCUT2D eigenvalue weighted by atomic mass is 10.3. The van der Waals surface area contributed by atoms with Crippen LogP contribution in [0.3, 0.4) is 0 Å². The van der Waals surface area contributed by atoms with Crippen LogP contribution in [0.15, 0.2) is 28.7 Å². The fourth-order valence-corrected chi connectivity index (χ4v) is 5.14. The summed E-state index contributed by atoms with van der Waals surface area (Å²) in [5, 5.41) is 3.53. The maximum atomic E-state index is 12.1. The Morgan fingerprint density at radius 1 is 1.38 bits per heavy atom. The van der Waals surface area contributed by atoms with Gasteiger partial charge in [0.2, 0.25) is 15.9 Å². The maximum Gasteiger partial charge on any atom is 0.240 e. The van der Waals surface area contributed by atoms with Crippen LogP contribution in [0.25, 0.3) is 0 Å². The number of benzene rings is 1. The average Bonchev–Trinajstić information content (AvgIpc) is 3.01. The topological polar surface area (TPSA) is 66.5 Å². The van der Waals surface area contributed by atoms with Gasteiger partial charge in [-0.05, 0) is 31.0 Å². The second kappa shape index (κ2) is 9.10. The number of nitrogens with one attached hydrogen (secondary N) is 1. The number of carbonyl (C=O) groups is 1. The summed E-state index contributed by atoms with van der Waals surface area (Å²) in [5.41, 5.74) is 0.474. The first-order chi connectivity index (χ1) is 11.4. The quantitative estimate of drug-likeness (QED) is 0.638. The summed E-state index contributed by atoms with van der Waals surface area (Å²) < 4.78 is 25.9. The van der Waals surface area contributed by atoms with E-state index < -0.39 is 10.0 Å². The van der Waals surface area contributed by atoms with E-state index in [4.69, 9.17) is 0 Å². The van der Waals surface area contributed by atoms with Gasteiger partial charge >= 0.3 is 0 Å². The summed E-state index contributed by atoms with van der Waals surface area (Å²) >= 11 is 5.22. The number of halogens is 1. The van der Waals surface area contributed by atoms with E-state index >= 15 is 0 Å². The summed E-state index contributed by atoms with van der Waals surface area (Å²) in [6.07, 6.45) is 6.25. The molecule has 0 heterocycles. The molecule has 0 spiro atoms. The summed E-state index contributed by atoms with van der Waals surface area (Å²) in [7, 11) is -3.53. The van der Waals surface area contributed by atoms with Crippen LogP contribution in [0.4, 0.5) is 5.69 Å². The molecule has 0 bridgehead atoms. The molecule has 1 aromatic rings. The summed E-state index contributed by atoms with van der Waals surface area (Å²) in [5.74, 6) is 0.582. The Hall–Kier alpha value is -0.730. The molecule has 1 saturated carbocycles. The molecule has 134 valence electrons. The van der Waals surface area contributed by atoms with Crippen molar-refractivity contribution in [3.8, 4) is 0 Å². The van der Waals surface area contributed by atoms with Gasteiger partial charge < -0.3 is 5.32 Å². The Balaban J connectivity index is 1.86. The Morgan fingerprint density at radius 2 is 2.08 bits per heavy atom. The molecule has 24 heavy (non-hydrogen) atoms. The molecular formula is C16H23BrN2O3S2. The van der Waals surface area contributed by atoms with Gasteiger partial charge in [-0.15, -0.1) is 0 Å². The molecule has 1 amide bonds. The van der Waals surface area contributed by atoms with Crippen molar-refractivity contribution in [3.05, 3.63) is 28.7 Å². The molecule has 0 atom stereocenters. The van der Waals surface area contributed by atoms with Crippen molar-refractivity contribution in [3.63, 3.8) is 0 Å². The fourth-order valence-electron chi connectivity index (χ4n) is 2.69. The van der Waals surface area contributed by atoms with Crippen molar-refractivity contribution in [2.24, 2.45) is 0 Å². The molecule has 1 aliphatic carbocycles. The van der Waals surface area contributed by atoms with Crippen molar-refractivity contribution in [2.45, 2.75) is 30.9 Å². The molecule has 0 saturated heterocycles. The summed E-state index contributed by atoms with van der Waals surface area (Å²) in [6, 6.07) is 6.91. The minimum absolute atomic E-state index is 0.205. The zero-order valence-corrected chi connectivity index (χ0v) is 16.9. The SMILES string of the molecule is CS(=O)(=O)N(CC(=O)NCCSC1CCCC1)c1cccc(Br)c1. The monoisotopic (exact) mass is 434 g/mol. The van der Waals surface area contributed by atoms with E-state index in [1.165, 1.54) is 25.7 Å². The number of amides is 1. The molecule has 2 rings (SSSR count).